The Hall–Kier alpha value is -0.460. The molecule has 0 fully saturated rings. The molecular formula is C21H45N. The summed E-state index contributed by atoms with van der Waals surface area (Å²) in [5.74, 6) is 0. The molecule has 0 aliphatic heterocycles. The minimum absolute atomic E-state index is 1.07. The van der Waals surface area contributed by atoms with E-state index in [0.29, 0.717) is 0 Å². The van der Waals surface area contributed by atoms with Crippen LogP contribution in [-0.4, -0.2) is 0 Å². The number of allylic oxidation sites excluding steroid dienone is 2. The lowest BCUT2D eigenvalue weighted by atomic mass is 10.0. The van der Waals surface area contributed by atoms with E-state index in [-0.39, 0.29) is 0 Å². The van der Waals surface area contributed by atoms with E-state index in [9.17, 15) is 0 Å². The van der Waals surface area contributed by atoms with Crippen LogP contribution in [0.1, 0.15) is 124 Å². The number of nitrogens with two attached hydrogens (primary N) is 1. The van der Waals surface area contributed by atoms with E-state index in [1.54, 1.807) is 0 Å². The Morgan fingerprint density at radius 3 is 1.36 bits per heavy atom. The highest BCUT2D eigenvalue weighted by Crippen LogP contribution is 2.13. The van der Waals surface area contributed by atoms with Crippen molar-refractivity contribution in [3.63, 3.8) is 0 Å². The number of unbranched alkanes of at least 4 members (excludes halogenated alkanes) is 12. The maximum absolute atomic E-state index is 5.88. The summed E-state index contributed by atoms with van der Waals surface area (Å²) in [6.45, 7) is 8.44. The van der Waals surface area contributed by atoms with Crippen LogP contribution < -0.4 is 5.73 Å². The summed E-state index contributed by atoms with van der Waals surface area (Å²) in [6, 6.07) is 0. The molecule has 0 spiro atoms. The van der Waals surface area contributed by atoms with Crippen molar-refractivity contribution >= 4 is 0 Å². The van der Waals surface area contributed by atoms with Gasteiger partial charge < -0.3 is 5.73 Å². The van der Waals surface area contributed by atoms with Crippen LogP contribution in [0.3, 0.4) is 0 Å². The average Bonchev–Trinajstić information content (AvgIpc) is 2.54. The SMILES string of the molecule is CC.CC/C=C(/N)CCCCCCCCCCCCCCC. The van der Waals surface area contributed by atoms with Crippen molar-refractivity contribution in [3.8, 4) is 0 Å². The van der Waals surface area contributed by atoms with Gasteiger partial charge in [0.2, 0.25) is 0 Å². The second-order valence-corrected chi connectivity index (χ2v) is 6.18. The van der Waals surface area contributed by atoms with E-state index in [0.717, 1.165) is 18.5 Å². The van der Waals surface area contributed by atoms with Crippen LogP contribution in [0.25, 0.3) is 0 Å². The summed E-state index contributed by atoms with van der Waals surface area (Å²) in [5, 5.41) is 0. The summed E-state index contributed by atoms with van der Waals surface area (Å²) in [4.78, 5) is 0. The molecule has 22 heavy (non-hydrogen) atoms. The van der Waals surface area contributed by atoms with Crippen molar-refractivity contribution in [2.45, 2.75) is 124 Å². The summed E-state index contributed by atoms with van der Waals surface area (Å²) >= 11 is 0. The van der Waals surface area contributed by atoms with Gasteiger partial charge in [-0.3, -0.25) is 0 Å². The topological polar surface area (TPSA) is 26.0 Å². The molecule has 0 amide bonds. The summed E-state index contributed by atoms with van der Waals surface area (Å²) in [5.41, 5.74) is 6.98. The lowest BCUT2D eigenvalue weighted by Gasteiger charge is -2.03. The first-order chi connectivity index (χ1) is 10.8. The third-order valence-electron chi connectivity index (χ3n) is 4.04. The molecule has 0 bridgehead atoms. The van der Waals surface area contributed by atoms with Gasteiger partial charge in [-0.05, 0) is 19.3 Å². The maximum atomic E-state index is 5.88. The van der Waals surface area contributed by atoms with E-state index in [1.807, 2.05) is 13.8 Å². The first-order valence-corrected chi connectivity index (χ1v) is 10.3. The largest absolute Gasteiger partial charge is 0.402 e. The molecule has 0 aromatic rings. The number of hydrogen-bond donors (Lipinski definition) is 1. The van der Waals surface area contributed by atoms with Gasteiger partial charge in [0.25, 0.3) is 0 Å². The van der Waals surface area contributed by atoms with E-state index in [2.05, 4.69) is 19.9 Å². The van der Waals surface area contributed by atoms with Gasteiger partial charge in [-0.15, -0.1) is 0 Å². The second kappa shape index (κ2) is 22.8. The van der Waals surface area contributed by atoms with Gasteiger partial charge in [0.15, 0.2) is 0 Å². The Morgan fingerprint density at radius 2 is 1.00 bits per heavy atom. The smallest absolute Gasteiger partial charge is 0.00398 e. The molecular weight excluding hydrogens is 266 g/mol. The van der Waals surface area contributed by atoms with Gasteiger partial charge in [0.1, 0.15) is 0 Å². The lowest BCUT2D eigenvalue weighted by molar-refractivity contribution is 0.539. The number of hydrogen-bond acceptors (Lipinski definition) is 1. The molecule has 2 N–H and O–H groups in total. The van der Waals surface area contributed by atoms with Gasteiger partial charge in [0, 0.05) is 5.70 Å². The summed E-state index contributed by atoms with van der Waals surface area (Å²) in [6.07, 6.45) is 22.8. The quantitative estimate of drug-likeness (QED) is 0.307. The van der Waals surface area contributed by atoms with Gasteiger partial charge >= 0.3 is 0 Å². The highest BCUT2D eigenvalue weighted by atomic mass is 14.6. The van der Waals surface area contributed by atoms with Crippen LogP contribution in [0.2, 0.25) is 0 Å². The predicted octanol–water partition coefficient (Wildman–Crippen LogP) is 7.75. The highest BCUT2D eigenvalue weighted by Gasteiger charge is 1.94. The van der Waals surface area contributed by atoms with Gasteiger partial charge in [0.05, 0.1) is 0 Å². The minimum atomic E-state index is 1.07. The zero-order valence-electron chi connectivity index (χ0n) is 16.3. The Labute approximate surface area is 142 Å². The fourth-order valence-corrected chi connectivity index (χ4v) is 2.71. The molecule has 0 aromatic carbocycles. The maximum Gasteiger partial charge on any atom is 0.00398 e. The molecule has 0 saturated heterocycles. The Balaban J connectivity index is 0. The molecule has 0 heterocycles. The zero-order valence-corrected chi connectivity index (χ0v) is 16.3. The minimum Gasteiger partial charge on any atom is -0.402 e. The molecule has 0 saturated carbocycles. The van der Waals surface area contributed by atoms with Crippen molar-refractivity contribution in [3.05, 3.63) is 11.8 Å². The van der Waals surface area contributed by atoms with E-state index < -0.39 is 0 Å². The standard InChI is InChI=1S/C19H39N.C2H6/c1-3-5-6-7-8-9-10-11-12-13-14-15-16-18-19(20)17-4-2;1-2/h17H,3-16,18,20H2,1-2H3;1-2H3/b19-17+;. The Bertz CT molecular complexity index is 208. The van der Waals surface area contributed by atoms with Crippen LogP contribution in [0.4, 0.5) is 0 Å². The summed E-state index contributed by atoms with van der Waals surface area (Å²) < 4.78 is 0. The van der Waals surface area contributed by atoms with E-state index in [4.69, 9.17) is 5.73 Å². The first-order valence-electron chi connectivity index (χ1n) is 10.3. The zero-order chi connectivity index (χ0) is 16.9. The van der Waals surface area contributed by atoms with Gasteiger partial charge in [-0.25, -0.2) is 0 Å². The molecule has 1 heteroatoms. The molecule has 0 aliphatic rings. The average molecular weight is 312 g/mol. The Morgan fingerprint density at radius 1 is 0.636 bits per heavy atom. The van der Waals surface area contributed by atoms with E-state index >= 15 is 0 Å². The first kappa shape index (κ1) is 23.8. The second-order valence-electron chi connectivity index (χ2n) is 6.18. The third kappa shape index (κ3) is 21.8. The van der Waals surface area contributed by atoms with Crippen molar-refractivity contribution in [2.75, 3.05) is 0 Å². The van der Waals surface area contributed by atoms with Crippen LogP contribution in [0, 0.1) is 0 Å². The molecule has 0 atom stereocenters. The molecule has 1 nitrogen and oxygen atoms in total. The van der Waals surface area contributed by atoms with Crippen molar-refractivity contribution < 1.29 is 0 Å². The predicted molar refractivity (Wildman–Crippen MR) is 104 cm³/mol. The third-order valence-corrected chi connectivity index (χ3v) is 4.04. The monoisotopic (exact) mass is 311 g/mol. The molecule has 0 rings (SSSR count). The van der Waals surface area contributed by atoms with E-state index in [1.165, 1.54) is 83.5 Å². The van der Waals surface area contributed by atoms with Crippen LogP contribution in [-0.2, 0) is 0 Å². The van der Waals surface area contributed by atoms with Crippen LogP contribution >= 0.6 is 0 Å². The van der Waals surface area contributed by atoms with Gasteiger partial charge in [-0.2, -0.15) is 0 Å². The normalized spacial score (nSPS) is 11.2. The van der Waals surface area contributed by atoms with Gasteiger partial charge in [-0.1, -0.05) is 111 Å². The van der Waals surface area contributed by atoms with Crippen LogP contribution in [0.5, 0.6) is 0 Å². The highest BCUT2D eigenvalue weighted by molar-refractivity contribution is 4.95. The van der Waals surface area contributed by atoms with Crippen molar-refractivity contribution in [2.24, 2.45) is 5.73 Å². The van der Waals surface area contributed by atoms with Crippen molar-refractivity contribution in [1.82, 2.24) is 0 Å². The van der Waals surface area contributed by atoms with Crippen LogP contribution in [0.15, 0.2) is 11.8 Å². The molecule has 134 valence electrons. The lowest BCUT2D eigenvalue weighted by Crippen LogP contribution is -1.96. The Kier molecular flexibility index (Phi) is 24.7. The molecule has 0 radical (unpaired) electrons. The number of rotatable bonds is 15. The molecule has 0 aliphatic carbocycles. The van der Waals surface area contributed by atoms with Crippen molar-refractivity contribution in [1.29, 1.82) is 0 Å². The fraction of sp³-hybridized carbons (Fsp3) is 0.905. The molecule has 0 aromatic heterocycles. The molecule has 0 unspecified atom stereocenters. The fourth-order valence-electron chi connectivity index (χ4n) is 2.71. The summed E-state index contributed by atoms with van der Waals surface area (Å²) in [7, 11) is 0.